The topological polar surface area (TPSA) is 21.3 Å². The molecule has 0 radical (unpaired) electrons. The monoisotopic (exact) mass is 233 g/mol. The average molecular weight is 233 g/mol. The molecule has 0 saturated heterocycles. The van der Waals surface area contributed by atoms with E-state index in [-0.39, 0.29) is 0 Å². The Kier molecular flexibility index (Phi) is 4.43. The van der Waals surface area contributed by atoms with E-state index in [0.717, 1.165) is 24.6 Å². The highest BCUT2D eigenvalue weighted by Crippen LogP contribution is 2.32. The lowest BCUT2D eigenvalue weighted by Crippen LogP contribution is -2.22. The first-order valence-corrected chi connectivity index (χ1v) is 6.70. The van der Waals surface area contributed by atoms with E-state index in [2.05, 4.69) is 24.4 Å². The van der Waals surface area contributed by atoms with Gasteiger partial charge in [-0.1, -0.05) is 31.9 Å². The van der Waals surface area contributed by atoms with Gasteiger partial charge in [0.1, 0.15) is 5.75 Å². The summed E-state index contributed by atoms with van der Waals surface area (Å²) in [6.45, 7) is 3.38. The van der Waals surface area contributed by atoms with Gasteiger partial charge in [-0.05, 0) is 43.0 Å². The van der Waals surface area contributed by atoms with Crippen LogP contribution in [-0.4, -0.2) is 13.7 Å². The molecule has 0 aromatic heterocycles. The molecule has 0 heterocycles. The summed E-state index contributed by atoms with van der Waals surface area (Å²) in [4.78, 5) is 0. The fourth-order valence-corrected chi connectivity index (χ4v) is 2.20. The molecular weight excluding hydrogens is 210 g/mol. The highest BCUT2D eigenvalue weighted by atomic mass is 16.5. The third kappa shape index (κ3) is 3.74. The van der Waals surface area contributed by atoms with Crippen molar-refractivity contribution < 1.29 is 4.74 Å². The molecule has 0 bridgehead atoms. The van der Waals surface area contributed by atoms with Crippen molar-refractivity contribution in [3.05, 3.63) is 29.8 Å². The summed E-state index contributed by atoms with van der Waals surface area (Å²) < 4.78 is 5.18. The Morgan fingerprint density at radius 3 is 2.53 bits per heavy atom. The molecule has 2 heteroatoms. The Hall–Kier alpha value is -1.02. The van der Waals surface area contributed by atoms with Gasteiger partial charge in [0, 0.05) is 6.04 Å². The van der Waals surface area contributed by atoms with Gasteiger partial charge < -0.3 is 10.1 Å². The summed E-state index contributed by atoms with van der Waals surface area (Å²) >= 11 is 0. The van der Waals surface area contributed by atoms with Crippen LogP contribution >= 0.6 is 0 Å². The van der Waals surface area contributed by atoms with Gasteiger partial charge in [0.15, 0.2) is 0 Å². The number of ether oxygens (including phenoxy) is 1. The van der Waals surface area contributed by atoms with Crippen LogP contribution in [0.2, 0.25) is 0 Å². The molecule has 17 heavy (non-hydrogen) atoms. The summed E-state index contributed by atoms with van der Waals surface area (Å²) in [5.41, 5.74) is 1.36. The Labute approximate surface area is 104 Å². The van der Waals surface area contributed by atoms with Crippen molar-refractivity contribution in [3.8, 4) is 5.75 Å². The van der Waals surface area contributed by atoms with E-state index in [0.29, 0.717) is 6.04 Å². The number of methoxy groups -OCH3 is 1. The van der Waals surface area contributed by atoms with Crippen LogP contribution in [0.15, 0.2) is 24.3 Å². The molecular formula is C15H23NO. The van der Waals surface area contributed by atoms with Gasteiger partial charge in [0.2, 0.25) is 0 Å². The van der Waals surface area contributed by atoms with Crippen LogP contribution in [-0.2, 0) is 0 Å². The maximum absolute atomic E-state index is 5.18. The van der Waals surface area contributed by atoms with Crippen molar-refractivity contribution >= 4 is 0 Å². The molecule has 2 rings (SSSR count). The third-order valence-electron chi connectivity index (χ3n) is 3.57. The Bertz CT molecular complexity index is 329. The highest BCUT2D eigenvalue weighted by molar-refractivity contribution is 5.29. The molecule has 0 spiro atoms. The lowest BCUT2D eigenvalue weighted by Gasteiger charge is -2.17. The average Bonchev–Trinajstić information content (AvgIpc) is 3.19. The van der Waals surface area contributed by atoms with E-state index in [1.165, 1.54) is 24.8 Å². The molecule has 1 aliphatic carbocycles. The molecule has 1 aliphatic rings. The van der Waals surface area contributed by atoms with Crippen molar-refractivity contribution in [2.45, 2.75) is 38.6 Å². The molecule has 1 unspecified atom stereocenters. The second kappa shape index (κ2) is 6.06. The molecule has 1 saturated carbocycles. The van der Waals surface area contributed by atoms with E-state index >= 15 is 0 Å². The van der Waals surface area contributed by atoms with Crippen LogP contribution in [0.3, 0.4) is 0 Å². The molecule has 1 atom stereocenters. The number of hydrogen-bond acceptors (Lipinski definition) is 2. The molecule has 1 aromatic rings. The summed E-state index contributed by atoms with van der Waals surface area (Å²) in [7, 11) is 1.71. The number of hydrogen-bond donors (Lipinski definition) is 1. The molecule has 2 nitrogen and oxygen atoms in total. The summed E-state index contributed by atoms with van der Waals surface area (Å²) in [5.74, 6) is 1.94. The van der Waals surface area contributed by atoms with Crippen LogP contribution in [0.5, 0.6) is 5.75 Å². The van der Waals surface area contributed by atoms with Crippen LogP contribution in [0.4, 0.5) is 0 Å². The first-order valence-electron chi connectivity index (χ1n) is 6.70. The van der Waals surface area contributed by atoms with E-state index in [1.54, 1.807) is 7.11 Å². The molecule has 0 amide bonds. The number of benzene rings is 1. The Morgan fingerprint density at radius 2 is 2.00 bits per heavy atom. The molecule has 1 N–H and O–H groups in total. The second-order valence-corrected chi connectivity index (χ2v) is 4.92. The zero-order valence-corrected chi connectivity index (χ0v) is 10.9. The predicted molar refractivity (Wildman–Crippen MR) is 71.4 cm³/mol. The minimum Gasteiger partial charge on any atom is -0.497 e. The zero-order valence-electron chi connectivity index (χ0n) is 10.9. The minimum absolute atomic E-state index is 0.486. The van der Waals surface area contributed by atoms with E-state index in [1.807, 2.05) is 12.1 Å². The Morgan fingerprint density at radius 1 is 1.29 bits per heavy atom. The minimum atomic E-state index is 0.486. The van der Waals surface area contributed by atoms with Gasteiger partial charge >= 0.3 is 0 Å². The first kappa shape index (κ1) is 12.4. The molecule has 1 aromatic carbocycles. The fraction of sp³-hybridized carbons (Fsp3) is 0.600. The van der Waals surface area contributed by atoms with E-state index in [4.69, 9.17) is 4.74 Å². The maximum atomic E-state index is 5.18. The quantitative estimate of drug-likeness (QED) is 0.778. The van der Waals surface area contributed by atoms with Crippen LogP contribution in [0.1, 0.15) is 44.2 Å². The lowest BCUT2D eigenvalue weighted by atomic mass is 10.0. The summed E-state index contributed by atoms with van der Waals surface area (Å²) in [5, 5.41) is 3.65. The van der Waals surface area contributed by atoms with Crippen molar-refractivity contribution in [2.75, 3.05) is 13.7 Å². The van der Waals surface area contributed by atoms with Gasteiger partial charge in [-0.15, -0.1) is 0 Å². The number of rotatable bonds is 7. The van der Waals surface area contributed by atoms with Crippen molar-refractivity contribution in [1.29, 1.82) is 0 Å². The van der Waals surface area contributed by atoms with E-state index in [9.17, 15) is 0 Å². The molecule has 94 valence electrons. The van der Waals surface area contributed by atoms with Gasteiger partial charge in [-0.25, -0.2) is 0 Å². The SMILES string of the molecule is CCC(NCCC1CC1)c1ccc(OC)cc1. The van der Waals surface area contributed by atoms with Crippen LogP contribution in [0, 0.1) is 5.92 Å². The fourth-order valence-electron chi connectivity index (χ4n) is 2.20. The normalized spacial score (nSPS) is 16.8. The predicted octanol–water partition coefficient (Wildman–Crippen LogP) is 3.54. The third-order valence-corrected chi connectivity index (χ3v) is 3.57. The van der Waals surface area contributed by atoms with Crippen LogP contribution in [0.25, 0.3) is 0 Å². The summed E-state index contributed by atoms with van der Waals surface area (Å²) in [6, 6.07) is 8.90. The standard InChI is InChI=1S/C15H23NO/c1-3-15(16-11-10-12-4-5-12)13-6-8-14(17-2)9-7-13/h6-9,12,15-16H,3-5,10-11H2,1-2H3. The van der Waals surface area contributed by atoms with Gasteiger partial charge in [-0.3, -0.25) is 0 Å². The molecule has 1 fully saturated rings. The highest BCUT2D eigenvalue weighted by Gasteiger charge is 2.20. The zero-order chi connectivity index (χ0) is 12.1. The summed E-state index contributed by atoms with van der Waals surface area (Å²) in [6.07, 6.45) is 5.37. The van der Waals surface area contributed by atoms with E-state index < -0.39 is 0 Å². The largest absolute Gasteiger partial charge is 0.497 e. The first-order chi connectivity index (χ1) is 8.33. The van der Waals surface area contributed by atoms with Gasteiger partial charge in [-0.2, -0.15) is 0 Å². The van der Waals surface area contributed by atoms with Gasteiger partial charge in [0.05, 0.1) is 7.11 Å². The smallest absolute Gasteiger partial charge is 0.118 e. The van der Waals surface area contributed by atoms with Crippen molar-refractivity contribution in [3.63, 3.8) is 0 Å². The number of nitrogens with one attached hydrogen (secondary N) is 1. The maximum Gasteiger partial charge on any atom is 0.118 e. The Balaban J connectivity index is 1.85. The lowest BCUT2D eigenvalue weighted by molar-refractivity contribution is 0.414. The van der Waals surface area contributed by atoms with Gasteiger partial charge in [0.25, 0.3) is 0 Å². The van der Waals surface area contributed by atoms with Crippen LogP contribution < -0.4 is 10.1 Å². The van der Waals surface area contributed by atoms with Crippen molar-refractivity contribution in [2.24, 2.45) is 5.92 Å². The second-order valence-electron chi connectivity index (χ2n) is 4.92. The molecule has 0 aliphatic heterocycles. The van der Waals surface area contributed by atoms with Crippen molar-refractivity contribution in [1.82, 2.24) is 5.32 Å².